The van der Waals surface area contributed by atoms with E-state index in [1.165, 1.54) is 0 Å². The van der Waals surface area contributed by atoms with Crippen molar-refractivity contribution >= 4 is 0 Å². The monoisotopic (exact) mass is 357 g/mol. The Morgan fingerprint density at radius 3 is 1.58 bits per heavy atom. The maximum Gasteiger partial charge on any atom is 0.573 e. The first-order valence-electron chi connectivity index (χ1n) is 6.15. The first-order chi connectivity index (χ1) is 11.0. The zero-order chi connectivity index (χ0) is 18.2. The molecule has 0 spiro atoms. The molecule has 0 bridgehead atoms. The zero-order valence-electron chi connectivity index (χ0n) is 11.4. The molecule has 10 heteroatoms. The number of hydrogen-bond acceptors (Lipinski definition) is 2. The first-order valence-corrected chi connectivity index (χ1v) is 6.15. The molecule has 24 heavy (non-hydrogen) atoms. The molecular weight excluding hydrogens is 350 g/mol. The van der Waals surface area contributed by atoms with E-state index in [9.17, 15) is 35.1 Å². The first kappa shape index (κ1) is 18.0. The lowest BCUT2D eigenvalue weighted by Crippen LogP contribution is -2.19. The minimum absolute atomic E-state index is 0.187. The summed E-state index contributed by atoms with van der Waals surface area (Å²) < 4.78 is 106. The summed E-state index contributed by atoms with van der Waals surface area (Å²) in [4.78, 5) is 0. The summed E-state index contributed by atoms with van der Waals surface area (Å²) in [7, 11) is 0. The van der Waals surface area contributed by atoms with Crippen LogP contribution in [0.4, 0.5) is 35.1 Å². The summed E-state index contributed by atoms with van der Waals surface area (Å²) >= 11 is 0. The van der Waals surface area contributed by atoms with Gasteiger partial charge in [-0.1, -0.05) is 12.1 Å². The van der Waals surface area contributed by atoms with Crippen molar-refractivity contribution in [3.63, 3.8) is 0 Å². The highest BCUT2D eigenvalue weighted by atomic mass is 19.4. The Morgan fingerprint density at radius 1 is 0.750 bits per heavy atom. The van der Waals surface area contributed by atoms with Gasteiger partial charge in [0.15, 0.2) is 23.3 Å². The van der Waals surface area contributed by atoms with E-state index in [-0.39, 0.29) is 5.56 Å². The van der Waals surface area contributed by atoms with Gasteiger partial charge in [0.05, 0.1) is 11.6 Å². The summed E-state index contributed by atoms with van der Waals surface area (Å²) in [6, 6.07) is 1.59. The van der Waals surface area contributed by atoms with E-state index < -0.39 is 52.8 Å². The quantitative estimate of drug-likeness (QED) is 0.504. The Hall–Kier alpha value is -2.36. The molecule has 130 valence electrons. The highest BCUT2D eigenvalue weighted by molar-refractivity contribution is 5.37. The number of alkyl halides is 3. The number of benzene rings is 2. The van der Waals surface area contributed by atoms with Gasteiger partial charge < -0.3 is 10.5 Å². The van der Waals surface area contributed by atoms with Crippen LogP contribution in [0.3, 0.4) is 0 Å². The Labute approximate surface area is 129 Å². The molecule has 0 fully saturated rings. The van der Waals surface area contributed by atoms with Crippen molar-refractivity contribution in [3.8, 4) is 5.75 Å². The van der Waals surface area contributed by atoms with Gasteiger partial charge in [-0.25, -0.2) is 22.0 Å². The van der Waals surface area contributed by atoms with E-state index in [4.69, 9.17) is 5.73 Å². The maximum absolute atomic E-state index is 13.7. The molecule has 2 rings (SSSR count). The van der Waals surface area contributed by atoms with Crippen LogP contribution in [0.15, 0.2) is 24.3 Å². The lowest BCUT2D eigenvalue weighted by molar-refractivity contribution is -0.274. The molecule has 0 aliphatic heterocycles. The molecule has 0 radical (unpaired) electrons. The molecule has 0 saturated carbocycles. The van der Waals surface area contributed by atoms with Crippen LogP contribution in [0.1, 0.15) is 17.2 Å². The summed E-state index contributed by atoms with van der Waals surface area (Å²) in [6.45, 7) is 0. The highest BCUT2D eigenvalue weighted by Crippen LogP contribution is 2.31. The summed E-state index contributed by atoms with van der Waals surface area (Å²) in [6.07, 6.45) is -4.95. The molecule has 2 aromatic rings. The lowest BCUT2D eigenvalue weighted by atomic mass is 9.98. The molecule has 0 aromatic heterocycles. The van der Waals surface area contributed by atoms with E-state index in [2.05, 4.69) is 4.74 Å². The highest BCUT2D eigenvalue weighted by Gasteiger charge is 2.32. The molecule has 2 nitrogen and oxygen atoms in total. The Balaban J connectivity index is 2.41. The van der Waals surface area contributed by atoms with Crippen molar-refractivity contribution in [2.45, 2.75) is 12.4 Å². The fraction of sp³-hybridized carbons (Fsp3) is 0.143. The number of ether oxygens (including phenoxy) is 1. The molecule has 0 saturated heterocycles. The van der Waals surface area contributed by atoms with E-state index in [1.54, 1.807) is 0 Å². The van der Waals surface area contributed by atoms with Crippen LogP contribution in [0.5, 0.6) is 5.75 Å². The van der Waals surface area contributed by atoms with Crippen molar-refractivity contribution in [2.24, 2.45) is 5.73 Å². The molecule has 0 heterocycles. The predicted octanol–water partition coefficient (Wildman–Crippen LogP) is 4.33. The summed E-state index contributed by atoms with van der Waals surface area (Å²) in [5.74, 6) is -11.6. The van der Waals surface area contributed by atoms with E-state index >= 15 is 0 Å². The average molecular weight is 357 g/mol. The van der Waals surface area contributed by atoms with Crippen molar-refractivity contribution in [1.29, 1.82) is 0 Å². The fourth-order valence-electron chi connectivity index (χ4n) is 1.94. The Morgan fingerprint density at radius 2 is 1.17 bits per heavy atom. The molecular formula is C14H7F8NO. The van der Waals surface area contributed by atoms with Crippen LogP contribution in [-0.4, -0.2) is 6.36 Å². The third-order valence-corrected chi connectivity index (χ3v) is 3.03. The van der Waals surface area contributed by atoms with Crippen LogP contribution in [0, 0.1) is 29.1 Å². The second-order valence-electron chi connectivity index (χ2n) is 4.58. The number of hydrogen-bond donors (Lipinski definition) is 1. The van der Waals surface area contributed by atoms with Gasteiger partial charge in [-0.2, -0.15) is 0 Å². The van der Waals surface area contributed by atoms with Gasteiger partial charge in [0.2, 0.25) is 5.82 Å². The summed E-state index contributed by atoms with van der Waals surface area (Å²) in [5, 5.41) is 0. The lowest BCUT2D eigenvalue weighted by Gasteiger charge is -2.16. The van der Waals surface area contributed by atoms with Gasteiger partial charge in [0, 0.05) is 0 Å². The number of halogens is 8. The standard InChI is InChI=1S/C14H7F8NO/c15-8-7(9(16)11(18)12(19)10(8)17)13(23)5-1-3-6(4-2-5)24-14(20,21)22/h1-4,13H,23H2/t13-/m1/s1. The van der Waals surface area contributed by atoms with Crippen LogP contribution < -0.4 is 10.5 Å². The normalized spacial score (nSPS) is 13.0. The Bertz CT molecular complexity index is 728. The van der Waals surface area contributed by atoms with Crippen LogP contribution in [0.2, 0.25) is 0 Å². The smallest absolute Gasteiger partial charge is 0.406 e. The number of nitrogens with two attached hydrogens (primary N) is 1. The van der Waals surface area contributed by atoms with Crippen LogP contribution in [0.25, 0.3) is 0 Å². The summed E-state index contributed by atoms with van der Waals surface area (Å²) in [5.41, 5.74) is 4.00. The van der Waals surface area contributed by atoms with Gasteiger partial charge in [-0.05, 0) is 17.7 Å². The third kappa shape index (κ3) is 3.42. The van der Waals surface area contributed by atoms with E-state index in [0.717, 1.165) is 24.3 Å². The Kier molecular flexibility index (Phi) is 4.70. The second kappa shape index (κ2) is 6.27. The topological polar surface area (TPSA) is 35.2 Å². The SMILES string of the molecule is N[C@H](c1ccc(OC(F)(F)F)cc1)c1c(F)c(F)c(F)c(F)c1F. The molecule has 2 N–H and O–H groups in total. The fourth-order valence-corrected chi connectivity index (χ4v) is 1.94. The second-order valence-corrected chi connectivity index (χ2v) is 4.58. The van der Waals surface area contributed by atoms with E-state index in [1.807, 2.05) is 0 Å². The molecule has 1 atom stereocenters. The average Bonchev–Trinajstić information content (AvgIpc) is 2.50. The molecule has 0 aliphatic carbocycles. The molecule has 0 aliphatic rings. The van der Waals surface area contributed by atoms with Gasteiger partial charge in [-0.15, -0.1) is 13.2 Å². The molecule has 0 unspecified atom stereocenters. The minimum Gasteiger partial charge on any atom is -0.406 e. The van der Waals surface area contributed by atoms with Gasteiger partial charge in [0.25, 0.3) is 0 Å². The van der Waals surface area contributed by atoms with Crippen molar-refractivity contribution in [2.75, 3.05) is 0 Å². The van der Waals surface area contributed by atoms with Crippen LogP contribution >= 0.6 is 0 Å². The largest absolute Gasteiger partial charge is 0.573 e. The van der Waals surface area contributed by atoms with E-state index in [0.29, 0.717) is 0 Å². The van der Waals surface area contributed by atoms with Crippen molar-refractivity contribution in [1.82, 2.24) is 0 Å². The predicted molar refractivity (Wildman–Crippen MR) is 65.4 cm³/mol. The minimum atomic E-state index is -4.95. The maximum atomic E-state index is 13.7. The number of rotatable bonds is 3. The van der Waals surface area contributed by atoms with Crippen molar-refractivity contribution < 1.29 is 39.9 Å². The van der Waals surface area contributed by atoms with Gasteiger partial charge >= 0.3 is 6.36 Å². The molecule has 2 aromatic carbocycles. The van der Waals surface area contributed by atoms with Crippen molar-refractivity contribution in [3.05, 3.63) is 64.5 Å². The van der Waals surface area contributed by atoms with Crippen LogP contribution in [-0.2, 0) is 0 Å². The molecule has 0 amide bonds. The zero-order valence-corrected chi connectivity index (χ0v) is 11.4. The third-order valence-electron chi connectivity index (χ3n) is 3.03. The van der Waals surface area contributed by atoms with Gasteiger partial charge in [0.1, 0.15) is 5.75 Å². The van der Waals surface area contributed by atoms with Gasteiger partial charge in [-0.3, -0.25) is 0 Å².